The minimum Gasteiger partial charge on any atom is -0.324 e. The Balaban J connectivity index is 1.66. The maximum Gasteiger partial charge on any atom is 0.0643 e. The largest absolute Gasteiger partial charge is 0.324 e. The van der Waals surface area contributed by atoms with Gasteiger partial charge in [-0.3, -0.25) is 4.68 Å². The van der Waals surface area contributed by atoms with E-state index in [0.717, 1.165) is 17.7 Å². The number of hydrogen-bond acceptors (Lipinski definition) is 4. The average molecular weight is 257 g/mol. The highest BCUT2D eigenvalue weighted by Gasteiger charge is 2.18. The fraction of sp³-hybridized carbons (Fsp3) is 0.500. The highest BCUT2D eigenvalue weighted by atomic mass is 15.3. The third kappa shape index (κ3) is 2.81. The second-order valence-corrected chi connectivity index (χ2v) is 5.21. The first-order valence-corrected chi connectivity index (χ1v) is 6.89. The van der Waals surface area contributed by atoms with Gasteiger partial charge in [-0.25, -0.2) is 0 Å². The number of nitrogens with two attached hydrogens (primary N) is 1. The van der Waals surface area contributed by atoms with E-state index in [1.807, 2.05) is 6.07 Å². The third-order valence-electron chi connectivity index (χ3n) is 3.83. The van der Waals surface area contributed by atoms with Gasteiger partial charge >= 0.3 is 0 Å². The lowest BCUT2D eigenvalue weighted by molar-refractivity contribution is 0.461. The highest BCUT2D eigenvalue weighted by Crippen LogP contribution is 2.29. The summed E-state index contributed by atoms with van der Waals surface area (Å²) in [5.41, 5.74) is 8.23. The molecule has 2 N–H and O–H groups in total. The second-order valence-electron chi connectivity index (χ2n) is 5.21. The summed E-state index contributed by atoms with van der Waals surface area (Å²) in [6.45, 7) is 0. The highest BCUT2D eigenvalue weighted by molar-refractivity contribution is 5.14. The maximum atomic E-state index is 6.17. The van der Waals surface area contributed by atoms with Gasteiger partial charge in [0.2, 0.25) is 0 Å². The Kier molecular flexibility index (Phi) is 3.55. The summed E-state index contributed by atoms with van der Waals surface area (Å²) < 4.78 is 2.11. The van der Waals surface area contributed by atoms with Gasteiger partial charge in [0.05, 0.1) is 17.9 Å². The monoisotopic (exact) mass is 257 g/mol. The van der Waals surface area contributed by atoms with Crippen molar-refractivity contribution in [3.8, 4) is 0 Å². The Morgan fingerprint density at radius 1 is 1.26 bits per heavy atom. The molecule has 0 aliphatic heterocycles. The molecule has 1 fully saturated rings. The molecule has 100 valence electrons. The molecule has 0 amide bonds. The van der Waals surface area contributed by atoms with Crippen LogP contribution in [0.5, 0.6) is 0 Å². The van der Waals surface area contributed by atoms with E-state index in [1.165, 1.54) is 25.7 Å². The van der Waals surface area contributed by atoms with Crippen LogP contribution in [-0.2, 0) is 6.42 Å². The van der Waals surface area contributed by atoms with Crippen LogP contribution in [0.2, 0.25) is 0 Å². The quantitative estimate of drug-likeness (QED) is 0.909. The van der Waals surface area contributed by atoms with Crippen LogP contribution in [0.15, 0.2) is 30.7 Å². The summed E-state index contributed by atoms with van der Waals surface area (Å²) in [7, 11) is 0. The first-order valence-electron chi connectivity index (χ1n) is 6.89. The van der Waals surface area contributed by atoms with E-state index < -0.39 is 0 Å². The lowest BCUT2D eigenvalue weighted by Crippen LogP contribution is -2.14. The van der Waals surface area contributed by atoms with Crippen LogP contribution in [0.25, 0.3) is 0 Å². The first kappa shape index (κ1) is 12.3. The SMILES string of the molecule is NC(Cc1ccn(C2CCCC2)n1)c1ccnnc1. The van der Waals surface area contributed by atoms with Gasteiger partial charge in [-0.1, -0.05) is 12.8 Å². The fourth-order valence-corrected chi connectivity index (χ4v) is 2.72. The Hall–Kier alpha value is -1.75. The normalized spacial score (nSPS) is 17.7. The molecule has 2 heterocycles. The summed E-state index contributed by atoms with van der Waals surface area (Å²) in [4.78, 5) is 0. The molecule has 5 heteroatoms. The van der Waals surface area contributed by atoms with Gasteiger partial charge < -0.3 is 5.73 Å². The Morgan fingerprint density at radius 2 is 2.11 bits per heavy atom. The topological polar surface area (TPSA) is 69.6 Å². The van der Waals surface area contributed by atoms with Crippen LogP contribution in [-0.4, -0.2) is 20.0 Å². The van der Waals surface area contributed by atoms with E-state index in [0.29, 0.717) is 6.04 Å². The van der Waals surface area contributed by atoms with Gasteiger partial charge in [-0.2, -0.15) is 15.3 Å². The smallest absolute Gasteiger partial charge is 0.0643 e. The van der Waals surface area contributed by atoms with Crippen molar-refractivity contribution < 1.29 is 0 Å². The number of nitrogens with zero attached hydrogens (tertiary/aromatic N) is 4. The number of hydrogen-bond donors (Lipinski definition) is 1. The molecule has 19 heavy (non-hydrogen) atoms. The molecule has 0 spiro atoms. The van der Waals surface area contributed by atoms with Crippen molar-refractivity contribution in [1.82, 2.24) is 20.0 Å². The van der Waals surface area contributed by atoms with E-state index >= 15 is 0 Å². The lowest BCUT2D eigenvalue weighted by atomic mass is 10.1. The van der Waals surface area contributed by atoms with Crippen LogP contribution in [0.3, 0.4) is 0 Å². The molecule has 1 atom stereocenters. The molecule has 3 rings (SSSR count). The van der Waals surface area contributed by atoms with E-state index in [1.54, 1.807) is 12.4 Å². The molecule has 0 radical (unpaired) electrons. The summed E-state index contributed by atoms with van der Waals surface area (Å²) in [5.74, 6) is 0. The molecule has 0 saturated heterocycles. The molecule has 1 saturated carbocycles. The molecule has 1 aliphatic rings. The standard InChI is InChI=1S/C14H19N5/c15-14(11-5-7-16-17-10-11)9-12-6-8-19(18-12)13-3-1-2-4-13/h5-8,10,13-14H,1-4,9,15H2. The molecule has 2 aromatic heterocycles. The zero-order chi connectivity index (χ0) is 13.1. The molecule has 2 aromatic rings. The van der Waals surface area contributed by atoms with E-state index in [2.05, 4.69) is 32.2 Å². The molecule has 5 nitrogen and oxygen atoms in total. The second kappa shape index (κ2) is 5.48. The number of rotatable bonds is 4. The van der Waals surface area contributed by atoms with Crippen LogP contribution < -0.4 is 5.73 Å². The molecular weight excluding hydrogens is 238 g/mol. The zero-order valence-electron chi connectivity index (χ0n) is 10.9. The molecule has 1 aliphatic carbocycles. The van der Waals surface area contributed by atoms with E-state index in [9.17, 15) is 0 Å². The third-order valence-corrected chi connectivity index (χ3v) is 3.83. The minimum absolute atomic E-state index is 0.0672. The fourth-order valence-electron chi connectivity index (χ4n) is 2.72. The Morgan fingerprint density at radius 3 is 2.84 bits per heavy atom. The van der Waals surface area contributed by atoms with Crippen LogP contribution in [0.4, 0.5) is 0 Å². The summed E-state index contributed by atoms with van der Waals surface area (Å²) in [6.07, 6.45) is 11.4. The van der Waals surface area contributed by atoms with Crippen LogP contribution in [0, 0.1) is 0 Å². The van der Waals surface area contributed by atoms with E-state index in [-0.39, 0.29) is 6.04 Å². The average Bonchev–Trinajstić information content (AvgIpc) is 3.10. The van der Waals surface area contributed by atoms with Gasteiger partial charge in [0.15, 0.2) is 0 Å². The van der Waals surface area contributed by atoms with Crippen molar-refractivity contribution in [3.05, 3.63) is 42.0 Å². The van der Waals surface area contributed by atoms with Crippen molar-refractivity contribution in [2.75, 3.05) is 0 Å². The molecule has 1 unspecified atom stereocenters. The van der Waals surface area contributed by atoms with Crippen molar-refractivity contribution in [2.45, 2.75) is 44.2 Å². The summed E-state index contributed by atoms with van der Waals surface area (Å²) in [5, 5.41) is 12.3. The van der Waals surface area contributed by atoms with Crippen LogP contribution in [0.1, 0.15) is 49.0 Å². The van der Waals surface area contributed by atoms with Gasteiger partial charge in [-0.15, -0.1) is 0 Å². The Bertz CT molecular complexity index is 516. The first-order chi connectivity index (χ1) is 9.33. The number of aromatic nitrogens is 4. The van der Waals surface area contributed by atoms with Crippen molar-refractivity contribution >= 4 is 0 Å². The van der Waals surface area contributed by atoms with Gasteiger partial charge in [0.1, 0.15) is 0 Å². The van der Waals surface area contributed by atoms with Crippen LogP contribution >= 0.6 is 0 Å². The predicted octanol–water partition coefficient (Wildman–Crippen LogP) is 2.03. The summed E-state index contributed by atoms with van der Waals surface area (Å²) >= 11 is 0. The molecular formula is C14H19N5. The predicted molar refractivity (Wildman–Crippen MR) is 72.4 cm³/mol. The maximum absolute atomic E-state index is 6.17. The van der Waals surface area contributed by atoms with Gasteiger partial charge in [-0.05, 0) is 30.5 Å². The van der Waals surface area contributed by atoms with E-state index in [4.69, 9.17) is 5.73 Å². The molecule has 0 aromatic carbocycles. The van der Waals surface area contributed by atoms with Crippen molar-refractivity contribution in [2.24, 2.45) is 5.73 Å². The Labute approximate surface area is 112 Å². The van der Waals surface area contributed by atoms with Crippen molar-refractivity contribution in [1.29, 1.82) is 0 Å². The minimum atomic E-state index is -0.0672. The molecule has 0 bridgehead atoms. The van der Waals surface area contributed by atoms with Gasteiger partial charge in [0.25, 0.3) is 0 Å². The summed E-state index contributed by atoms with van der Waals surface area (Å²) in [6, 6.07) is 4.51. The zero-order valence-corrected chi connectivity index (χ0v) is 10.9. The van der Waals surface area contributed by atoms with Crippen molar-refractivity contribution in [3.63, 3.8) is 0 Å². The lowest BCUT2D eigenvalue weighted by Gasteiger charge is -2.11. The van der Waals surface area contributed by atoms with Gasteiger partial charge in [0, 0.05) is 24.9 Å².